The van der Waals surface area contributed by atoms with Gasteiger partial charge in [0.2, 0.25) is 0 Å². The van der Waals surface area contributed by atoms with Crippen molar-refractivity contribution in [1.82, 2.24) is 0 Å². The molecule has 3 heteroatoms. The van der Waals surface area contributed by atoms with E-state index in [4.69, 9.17) is 11.0 Å². The van der Waals surface area contributed by atoms with Gasteiger partial charge in [-0.15, -0.1) is 0 Å². The van der Waals surface area contributed by atoms with Crippen LogP contribution < -0.4 is 5.73 Å². The van der Waals surface area contributed by atoms with Gasteiger partial charge in [0.05, 0.1) is 11.6 Å². The van der Waals surface area contributed by atoms with Crippen molar-refractivity contribution in [2.45, 2.75) is 25.8 Å². The Morgan fingerprint density at radius 3 is 2.79 bits per heavy atom. The van der Waals surface area contributed by atoms with E-state index < -0.39 is 5.82 Å². The van der Waals surface area contributed by atoms with Crippen LogP contribution in [0, 0.1) is 17.1 Å². The number of nitrogens with two attached hydrogens (primary N) is 1. The highest BCUT2D eigenvalue weighted by molar-refractivity contribution is 5.34. The molecule has 2 nitrogen and oxygen atoms in total. The summed E-state index contributed by atoms with van der Waals surface area (Å²) in [7, 11) is 0. The molecule has 1 aromatic carbocycles. The lowest BCUT2D eigenvalue weighted by Gasteiger charge is -2.10. The van der Waals surface area contributed by atoms with Gasteiger partial charge in [0.1, 0.15) is 5.82 Å². The summed E-state index contributed by atoms with van der Waals surface area (Å²) >= 11 is 0. The highest BCUT2D eigenvalue weighted by atomic mass is 19.1. The molecule has 0 spiro atoms. The highest BCUT2D eigenvalue weighted by Gasteiger charge is 2.07. The minimum absolute atomic E-state index is 0.178. The Kier molecular flexibility index (Phi) is 3.61. The second-order valence-corrected chi connectivity index (χ2v) is 3.28. The van der Waals surface area contributed by atoms with Crippen molar-refractivity contribution in [2.24, 2.45) is 5.73 Å². The quantitative estimate of drug-likeness (QED) is 0.799. The normalized spacial score (nSPS) is 12.1. The maximum absolute atomic E-state index is 13.0. The van der Waals surface area contributed by atoms with Crippen molar-refractivity contribution in [1.29, 1.82) is 5.26 Å². The van der Waals surface area contributed by atoms with Gasteiger partial charge in [0, 0.05) is 6.04 Å². The third-order valence-electron chi connectivity index (χ3n) is 2.08. The van der Waals surface area contributed by atoms with Gasteiger partial charge in [0.15, 0.2) is 0 Å². The molecule has 0 aliphatic carbocycles. The molecule has 74 valence electrons. The fourth-order valence-electron chi connectivity index (χ4n) is 1.37. The summed E-state index contributed by atoms with van der Waals surface area (Å²) in [6.45, 7) is 2.02. The van der Waals surface area contributed by atoms with Gasteiger partial charge in [-0.25, -0.2) is 4.39 Å². The first-order valence-electron chi connectivity index (χ1n) is 4.63. The Labute approximate surface area is 83.2 Å². The molecule has 0 aliphatic rings. The predicted octanol–water partition coefficient (Wildman–Crippen LogP) is 2.50. The van der Waals surface area contributed by atoms with Gasteiger partial charge in [-0.2, -0.15) is 5.26 Å². The van der Waals surface area contributed by atoms with Crippen molar-refractivity contribution in [3.63, 3.8) is 0 Å². The SMILES string of the molecule is CCC[C@H](N)c1cc(F)cc(C#N)c1. The number of rotatable bonds is 3. The maximum Gasteiger partial charge on any atom is 0.124 e. The zero-order chi connectivity index (χ0) is 10.6. The van der Waals surface area contributed by atoms with Gasteiger partial charge >= 0.3 is 0 Å². The molecular formula is C11H13FN2. The molecule has 0 radical (unpaired) electrons. The van der Waals surface area contributed by atoms with Crippen LogP contribution in [0.25, 0.3) is 0 Å². The van der Waals surface area contributed by atoms with Crippen LogP contribution in [-0.2, 0) is 0 Å². The number of benzene rings is 1. The molecule has 1 rings (SSSR count). The van der Waals surface area contributed by atoms with Crippen LogP contribution in [0.15, 0.2) is 18.2 Å². The average Bonchev–Trinajstić information content (AvgIpc) is 2.17. The van der Waals surface area contributed by atoms with Crippen LogP contribution in [-0.4, -0.2) is 0 Å². The molecule has 0 heterocycles. The van der Waals surface area contributed by atoms with Crippen LogP contribution in [0.1, 0.15) is 36.9 Å². The van der Waals surface area contributed by atoms with Crippen LogP contribution in [0.3, 0.4) is 0 Å². The van der Waals surface area contributed by atoms with Gasteiger partial charge in [-0.05, 0) is 30.2 Å². The van der Waals surface area contributed by atoms with Gasteiger partial charge < -0.3 is 5.73 Å². The van der Waals surface area contributed by atoms with E-state index in [0.29, 0.717) is 11.1 Å². The van der Waals surface area contributed by atoms with Gasteiger partial charge in [0.25, 0.3) is 0 Å². The number of nitrogens with zero attached hydrogens (tertiary/aromatic N) is 1. The van der Waals surface area contributed by atoms with E-state index in [1.165, 1.54) is 12.1 Å². The van der Waals surface area contributed by atoms with Crippen LogP contribution in [0.4, 0.5) is 4.39 Å². The summed E-state index contributed by atoms with van der Waals surface area (Å²) in [5.74, 6) is -0.398. The van der Waals surface area contributed by atoms with Gasteiger partial charge in [-0.3, -0.25) is 0 Å². The Morgan fingerprint density at radius 2 is 2.21 bits per heavy atom. The van der Waals surface area contributed by atoms with E-state index >= 15 is 0 Å². The number of halogens is 1. The molecule has 2 N–H and O–H groups in total. The van der Waals surface area contributed by atoms with Crippen LogP contribution in [0.2, 0.25) is 0 Å². The number of hydrogen-bond acceptors (Lipinski definition) is 2. The minimum atomic E-state index is -0.398. The third kappa shape index (κ3) is 2.54. The first kappa shape index (κ1) is 10.7. The smallest absolute Gasteiger partial charge is 0.124 e. The van der Waals surface area contributed by atoms with E-state index in [2.05, 4.69) is 0 Å². The molecule has 0 saturated heterocycles. The largest absolute Gasteiger partial charge is 0.324 e. The standard InChI is InChI=1S/C11H13FN2/c1-2-3-11(14)9-4-8(7-13)5-10(12)6-9/h4-6,11H,2-3,14H2,1H3/t11-/m0/s1. The van der Waals surface area contributed by atoms with Crippen molar-refractivity contribution in [3.8, 4) is 6.07 Å². The molecule has 0 saturated carbocycles. The van der Waals surface area contributed by atoms with Crippen molar-refractivity contribution in [3.05, 3.63) is 35.1 Å². The Morgan fingerprint density at radius 1 is 1.50 bits per heavy atom. The summed E-state index contributed by atoms with van der Waals surface area (Å²) in [6.07, 6.45) is 1.74. The zero-order valence-corrected chi connectivity index (χ0v) is 8.13. The summed E-state index contributed by atoms with van der Waals surface area (Å²) in [6, 6.07) is 5.97. The van der Waals surface area contributed by atoms with E-state index in [1.54, 1.807) is 6.07 Å². The van der Waals surface area contributed by atoms with Crippen LogP contribution in [0.5, 0.6) is 0 Å². The summed E-state index contributed by atoms with van der Waals surface area (Å²) in [5, 5.41) is 8.64. The third-order valence-corrected chi connectivity index (χ3v) is 2.08. The zero-order valence-electron chi connectivity index (χ0n) is 8.13. The Balaban J connectivity index is 2.98. The second kappa shape index (κ2) is 4.73. The molecule has 0 fully saturated rings. The molecular weight excluding hydrogens is 179 g/mol. The molecule has 1 atom stereocenters. The minimum Gasteiger partial charge on any atom is -0.324 e. The maximum atomic E-state index is 13.0. The lowest BCUT2D eigenvalue weighted by molar-refractivity contribution is 0.604. The van der Waals surface area contributed by atoms with E-state index in [0.717, 1.165) is 12.8 Å². The lowest BCUT2D eigenvalue weighted by Crippen LogP contribution is -2.10. The molecule has 0 bridgehead atoms. The summed E-state index contributed by atoms with van der Waals surface area (Å²) in [5.41, 5.74) is 6.85. The van der Waals surface area contributed by atoms with Gasteiger partial charge in [-0.1, -0.05) is 13.3 Å². The first-order valence-corrected chi connectivity index (χ1v) is 4.63. The van der Waals surface area contributed by atoms with Crippen molar-refractivity contribution < 1.29 is 4.39 Å². The van der Waals surface area contributed by atoms with E-state index in [1.807, 2.05) is 13.0 Å². The number of hydrogen-bond donors (Lipinski definition) is 1. The monoisotopic (exact) mass is 192 g/mol. The summed E-state index contributed by atoms with van der Waals surface area (Å²) in [4.78, 5) is 0. The second-order valence-electron chi connectivity index (χ2n) is 3.28. The average molecular weight is 192 g/mol. The molecule has 0 unspecified atom stereocenters. The molecule has 0 amide bonds. The summed E-state index contributed by atoms with van der Waals surface area (Å²) < 4.78 is 13.0. The van der Waals surface area contributed by atoms with Crippen molar-refractivity contribution >= 4 is 0 Å². The fraction of sp³-hybridized carbons (Fsp3) is 0.364. The lowest BCUT2D eigenvalue weighted by atomic mass is 10.0. The van der Waals surface area contributed by atoms with Crippen LogP contribution >= 0.6 is 0 Å². The fourth-order valence-corrected chi connectivity index (χ4v) is 1.37. The van der Waals surface area contributed by atoms with E-state index in [9.17, 15) is 4.39 Å². The molecule has 0 aliphatic heterocycles. The molecule has 14 heavy (non-hydrogen) atoms. The molecule has 1 aromatic rings. The Hall–Kier alpha value is -1.40. The Bertz CT molecular complexity index is 355. The molecule has 0 aromatic heterocycles. The number of nitriles is 1. The van der Waals surface area contributed by atoms with Crippen molar-refractivity contribution in [2.75, 3.05) is 0 Å². The topological polar surface area (TPSA) is 49.8 Å². The van der Waals surface area contributed by atoms with E-state index in [-0.39, 0.29) is 6.04 Å². The first-order chi connectivity index (χ1) is 6.67. The predicted molar refractivity (Wildman–Crippen MR) is 53.0 cm³/mol. The highest BCUT2D eigenvalue weighted by Crippen LogP contribution is 2.18.